The van der Waals surface area contributed by atoms with E-state index in [-0.39, 0.29) is 17.8 Å². The van der Waals surface area contributed by atoms with Crippen LogP contribution in [0.1, 0.15) is 26.2 Å². The first kappa shape index (κ1) is 15.6. The third kappa shape index (κ3) is 2.82. The number of hydrogen-bond donors (Lipinski definition) is 0. The van der Waals surface area contributed by atoms with E-state index in [1.807, 2.05) is 24.3 Å². The van der Waals surface area contributed by atoms with Crippen molar-refractivity contribution in [2.24, 2.45) is 5.92 Å². The largest absolute Gasteiger partial charge is 0.497 e. The molecule has 0 amide bonds. The van der Waals surface area contributed by atoms with Crippen LogP contribution in [0.2, 0.25) is 0 Å². The van der Waals surface area contributed by atoms with Crippen LogP contribution < -0.4 is 9.47 Å². The molecule has 1 aromatic rings. The highest BCUT2D eigenvalue weighted by molar-refractivity contribution is 7.89. The van der Waals surface area contributed by atoms with Crippen LogP contribution in [-0.4, -0.2) is 44.3 Å². The number of hydrogen-bond acceptors (Lipinski definition) is 4. The summed E-state index contributed by atoms with van der Waals surface area (Å²) < 4.78 is 37.5. The molecule has 5 nitrogen and oxygen atoms in total. The normalized spacial score (nSPS) is 28.0. The Morgan fingerprint density at radius 2 is 2.05 bits per heavy atom. The van der Waals surface area contributed by atoms with E-state index >= 15 is 0 Å². The van der Waals surface area contributed by atoms with Gasteiger partial charge in [-0.3, -0.25) is 0 Å². The van der Waals surface area contributed by atoms with E-state index in [1.54, 1.807) is 18.3 Å². The molecule has 1 aliphatic heterocycles. The van der Waals surface area contributed by atoms with Gasteiger partial charge in [-0.1, -0.05) is 6.07 Å². The van der Waals surface area contributed by atoms with Crippen LogP contribution in [0, 0.1) is 5.92 Å². The number of benzene rings is 1. The molecule has 2 aliphatic rings. The smallest absolute Gasteiger partial charge is 0.214 e. The topological polar surface area (TPSA) is 55.8 Å². The fraction of sp³-hybridized carbons (Fsp3) is 0.625. The standard InChI is InChI=1S/C16H23NO4S/c1-3-22(18,19)17-13-8-7-12(9-13)16(17)11-21-15-6-4-5-14(10-15)20-2/h4-6,10,12-13,16H,3,7-9,11H2,1-2H3/t12-,13+,16+/m0/s1. The van der Waals surface area contributed by atoms with E-state index in [0.29, 0.717) is 12.5 Å². The first-order valence-electron chi connectivity index (χ1n) is 7.83. The van der Waals surface area contributed by atoms with Crippen LogP contribution in [-0.2, 0) is 10.0 Å². The molecule has 2 fully saturated rings. The van der Waals surface area contributed by atoms with Crippen molar-refractivity contribution in [2.75, 3.05) is 19.5 Å². The predicted octanol–water partition coefficient (Wildman–Crippen LogP) is 2.28. The quantitative estimate of drug-likeness (QED) is 0.805. The van der Waals surface area contributed by atoms with Crippen molar-refractivity contribution < 1.29 is 17.9 Å². The van der Waals surface area contributed by atoms with Crippen molar-refractivity contribution in [1.29, 1.82) is 0 Å². The molecule has 1 aliphatic carbocycles. The molecular weight excluding hydrogens is 302 g/mol. The van der Waals surface area contributed by atoms with Crippen molar-refractivity contribution >= 4 is 10.0 Å². The molecule has 1 saturated heterocycles. The molecule has 22 heavy (non-hydrogen) atoms. The molecule has 6 heteroatoms. The van der Waals surface area contributed by atoms with Gasteiger partial charge in [-0.2, -0.15) is 4.31 Å². The minimum absolute atomic E-state index is 0.0325. The Balaban J connectivity index is 1.73. The summed E-state index contributed by atoms with van der Waals surface area (Å²) in [5, 5.41) is 0. The molecule has 3 atom stereocenters. The van der Waals surface area contributed by atoms with Crippen molar-refractivity contribution in [3.63, 3.8) is 0 Å². The van der Waals surface area contributed by atoms with Gasteiger partial charge in [-0.15, -0.1) is 0 Å². The summed E-state index contributed by atoms with van der Waals surface area (Å²) in [7, 11) is -1.55. The number of fused-ring (bicyclic) bond motifs is 2. The van der Waals surface area contributed by atoms with E-state index in [4.69, 9.17) is 9.47 Å². The van der Waals surface area contributed by atoms with Crippen molar-refractivity contribution in [1.82, 2.24) is 4.31 Å². The van der Waals surface area contributed by atoms with E-state index in [9.17, 15) is 8.42 Å². The number of ether oxygens (including phenoxy) is 2. The van der Waals surface area contributed by atoms with Crippen molar-refractivity contribution in [3.05, 3.63) is 24.3 Å². The summed E-state index contributed by atoms with van der Waals surface area (Å²) in [5.74, 6) is 2.04. The fourth-order valence-electron chi connectivity index (χ4n) is 3.72. The number of piperidine rings is 1. The first-order valence-corrected chi connectivity index (χ1v) is 9.44. The van der Waals surface area contributed by atoms with Gasteiger partial charge in [0, 0.05) is 12.1 Å². The second kappa shape index (κ2) is 6.08. The number of methoxy groups -OCH3 is 1. The highest BCUT2D eigenvalue weighted by Crippen LogP contribution is 2.44. The molecule has 2 bridgehead atoms. The third-order valence-electron chi connectivity index (χ3n) is 4.82. The lowest BCUT2D eigenvalue weighted by Gasteiger charge is -2.33. The van der Waals surface area contributed by atoms with Crippen LogP contribution in [0.15, 0.2) is 24.3 Å². The van der Waals surface area contributed by atoms with Gasteiger partial charge < -0.3 is 9.47 Å². The van der Waals surface area contributed by atoms with Crippen molar-refractivity contribution in [3.8, 4) is 11.5 Å². The molecule has 0 spiro atoms. The van der Waals surface area contributed by atoms with Gasteiger partial charge in [0.15, 0.2) is 0 Å². The Morgan fingerprint density at radius 3 is 2.77 bits per heavy atom. The van der Waals surface area contributed by atoms with Crippen LogP contribution in [0.4, 0.5) is 0 Å². The molecule has 1 heterocycles. The first-order chi connectivity index (χ1) is 10.5. The highest BCUT2D eigenvalue weighted by atomic mass is 32.2. The SMILES string of the molecule is CCS(=O)(=O)N1[C@@H]2CC[C@@H](C2)[C@H]1COc1cccc(OC)c1. The van der Waals surface area contributed by atoms with Crippen LogP contribution in [0.5, 0.6) is 11.5 Å². The molecule has 0 radical (unpaired) electrons. The third-order valence-corrected chi connectivity index (χ3v) is 6.77. The molecular formula is C16H23NO4S. The summed E-state index contributed by atoms with van der Waals surface area (Å²) in [6.45, 7) is 2.12. The van der Waals surface area contributed by atoms with Crippen LogP contribution >= 0.6 is 0 Å². The molecule has 1 aromatic carbocycles. The van der Waals surface area contributed by atoms with Gasteiger partial charge in [0.25, 0.3) is 0 Å². The summed E-state index contributed by atoms with van der Waals surface area (Å²) in [6.07, 6.45) is 3.07. The lowest BCUT2D eigenvalue weighted by atomic mass is 10.0. The average molecular weight is 325 g/mol. The Hall–Kier alpha value is -1.27. The van der Waals surface area contributed by atoms with Crippen LogP contribution in [0.3, 0.4) is 0 Å². The van der Waals surface area contributed by atoms with Gasteiger partial charge in [-0.05, 0) is 44.2 Å². The zero-order valence-electron chi connectivity index (χ0n) is 13.1. The number of rotatable bonds is 6. The van der Waals surface area contributed by atoms with Crippen LogP contribution in [0.25, 0.3) is 0 Å². The Kier molecular flexibility index (Phi) is 4.32. The lowest BCUT2D eigenvalue weighted by molar-refractivity contribution is 0.162. The van der Waals surface area contributed by atoms with Gasteiger partial charge >= 0.3 is 0 Å². The summed E-state index contributed by atoms with van der Waals surface area (Å²) in [6, 6.07) is 7.57. The van der Waals surface area contributed by atoms with E-state index in [2.05, 4.69) is 0 Å². The molecule has 0 N–H and O–H groups in total. The van der Waals surface area contributed by atoms with Gasteiger partial charge in [0.1, 0.15) is 18.1 Å². The second-order valence-electron chi connectivity index (χ2n) is 6.01. The maximum absolute atomic E-state index is 12.4. The van der Waals surface area contributed by atoms with E-state index < -0.39 is 10.0 Å². The van der Waals surface area contributed by atoms with Gasteiger partial charge in [0.2, 0.25) is 10.0 Å². The van der Waals surface area contributed by atoms with E-state index in [0.717, 1.165) is 30.8 Å². The minimum atomic E-state index is -3.17. The minimum Gasteiger partial charge on any atom is -0.497 e. The maximum atomic E-state index is 12.4. The molecule has 3 rings (SSSR count). The molecule has 122 valence electrons. The average Bonchev–Trinajstić information content (AvgIpc) is 3.14. The molecule has 0 aromatic heterocycles. The summed E-state index contributed by atoms with van der Waals surface area (Å²) in [4.78, 5) is 0. The predicted molar refractivity (Wildman–Crippen MR) is 84.7 cm³/mol. The second-order valence-corrected chi connectivity index (χ2v) is 8.18. The summed E-state index contributed by atoms with van der Waals surface area (Å²) >= 11 is 0. The Bertz CT molecular complexity index is 631. The number of nitrogens with zero attached hydrogens (tertiary/aromatic N) is 1. The zero-order chi connectivity index (χ0) is 15.7. The molecule has 1 saturated carbocycles. The highest BCUT2D eigenvalue weighted by Gasteiger charge is 2.50. The fourth-order valence-corrected chi connectivity index (χ4v) is 5.30. The van der Waals surface area contributed by atoms with Gasteiger partial charge in [-0.25, -0.2) is 8.42 Å². The van der Waals surface area contributed by atoms with Crippen molar-refractivity contribution in [2.45, 2.75) is 38.3 Å². The van der Waals surface area contributed by atoms with Gasteiger partial charge in [0.05, 0.1) is 18.9 Å². The Labute approximate surface area is 132 Å². The van der Waals surface area contributed by atoms with E-state index in [1.165, 1.54) is 0 Å². The Morgan fingerprint density at radius 1 is 1.27 bits per heavy atom. The monoisotopic (exact) mass is 325 g/mol. The lowest BCUT2D eigenvalue weighted by Crippen LogP contribution is -2.48. The number of sulfonamides is 1. The summed E-state index contributed by atoms with van der Waals surface area (Å²) in [5.41, 5.74) is 0. The molecule has 0 unspecified atom stereocenters. The zero-order valence-corrected chi connectivity index (χ0v) is 13.9. The maximum Gasteiger partial charge on any atom is 0.214 e.